The van der Waals surface area contributed by atoms with Gasteiger partial charge in [0, 0.05) is 36.0 Å². The third-order valence-corrected chi connectivity index (χ3v) is 4.45. The summed E-state index contributed by atoms with van der Waals surface area (Å²) in [5.74, 6) is -0.0942. The molecule has 2 atom stereocenters. The van der Waals surface area contributed by atoms with Crippen LogP contribution in [0, 0.1) is 10.1 Å². The summed E-state index contributed by atoms with van der Waals surface area (Å²) in [7, 11) is 0. The van der Waals surface area contributed by atoms with Crippen molar-refractivity contribution in [2.24, 2.45) is 0 Å². The van der Waals surface area contributed by atoms with E-state index < -0.39 is 4.92 Å². The zero-order valence-electron chi connectivity index (χ0n) is 12.1. The standard InChI is InChI=1S/C14H17N3O4S/c1-9(14(19)16-10-2-7-13(18)15-8-10)22-12-5-3-11(4-6-12)17(20)21/h3-6,9-10H,2,7-8H2,1H3,(H,15,18)(H,16,19)/t9-,10+/m0/s1. The molecular weight excluding hydrogens is 306 g/mol. The van der Waals surface area contributed by atoms with Gasteiger partial charge in [-0.1, -0.05) is 0 Å². The van der Waals surface area contributed by atoms with E-state index in [1.54, 1.807) is 19.1 Å². The van der Waals surface area contributed by atoms with Crippen LogP contribution in [0.1, 0.15) is 19.8 Å². The minimum Gasteiger partial charge on any atom is -0.354 e. The lowest BCUT2D eigenvalue weighted by Crippen LogP contribution is -2.49. The molecule has 8 heteroatoms. The van der Waals surface area contributed by atoms with Crippen molar-refractivity contribution in [2.45, 2.75) is 36.0 Å². The summed E-state index contributed by atoms with van der Waals surface area (Å²) in [6, 6.07) is 6.07. The average molecular weight is 323 g/mol. The van der Waals surface area contributed by atoms with Crippen LogP contribution in [0.5, 0.6) is 0 Å². The van der Waals surface area contributed by atoms with Crippen molar-refractivity contribution in [2.75, 3.05) is 6.54 Å². The summed E-state index contributed by atoms with van der Waals surface area (Å²) in [4.78, 5) is 34.1. The van der Waals surface area contributed by atoms with Crippen LogP contribution in [0.3, 0.4) is 0 Å². The fourth-order valence-electron chi connectivity index (χ4n) is 2.08. The normalized spacial score (nSPS) is 19.1. The first-order valence-corrected chi connectivity index (χ1v) is 7.82. The Balaban J connectivity index is 1.85. The van der Waals surface area contributed by atoms with Crippen molar-refractivity contribution >= 4 is 29.3 Å². The molecule has 0 spiro atoms. The highest BCUT2D eigenvalue weighted by Crippen LogP contribution is 2.25. The Morgan fingerprint density at radius 2 is 2.14 bits per heavy atom. The Morgan fingerprint density at radius 1 is 1.45 bits per heavy atom. The molecule has 7 nitrogen and oxygen atoms in total. The van der Waals surface area contributed by atoms with Gasteiger partial charge in [0.25, 0.3) is 5.69 Å². The van der Waals surface area contributed by atoms with Gasteiger partial charge in [0.2, 0.25) is 11.8 Å². The summed E-state index contributed by atoms with van der Waals surface area (Å²) in [6.07, 6.45) is 1.07. The van der Waals surface area contributed by atoms with Gasteiger partial charge in [-0.2, -0.15) is 0 Å². The Hall–Kier alpha value is -2.09. The average Bonchev–Trinajstić information content (AvgIpc) is 2.50. The SMILES string of the molecule is C[C@H](Sc1ccc([N+](=O)[O-])cc1)C(=O)N[C@@H]1CCC(=O)NC1. The zero-order valence-corrected chi connectivity index (χ0v) is 12.9. The van der Waals surface area contributed by atoms with Crippen LogP contribution in [0.4, 0.5) is 5.69 Å². The second-order valence-electron chi connectivity index (χ2n) is 5.06. The number of carbonyl (C=O) groups is 2. The highest BCUT2D eigenvalue weighted by molar-refractivity contribution is 8.00. The maximum atomic E-state index is 12.1. The van der Waals surface area contributed by atoms with Gasteiger partial charge in [-0.3, -0.25) is 19.7 Å². The van der Waals surface area contributed by atoms with E-state index in [-0.39, 0.29) is 28.8 Å². The van der Waals surface area contributed by atoms with E-state index in [0.29, 0.717) is 19.4 Å². The number of nitrogens with zero attached hydrogens (tertiary/aromatic N) is 1. The van der Waals surface area contributed by atoms with Crippen LogP contribution in [0.2, 0.25) is 0 Å². The summed E-state index contributed by atoms with van der Waals surface area (Å²) < 4.78 is 0. The van der Waals surface area contributed by atoms with Crippen molar-refractivity contribution in [3.63, 3.8) is 0 Å². The Morgan fingerprint density at radius 3 is 2.68 bits per heavy atom. The Labute approximate surface area is 132 Å². The van der Waals surface area contributed by atoms with Crippen LogP contribution < -0.4 is 10.6 Å². The summed E-state index contributed by atoms with van der Waals surface area (Å²) in [5, 5.41) is 15.9. The van der Waals surface area contributed by atoms with Gasteiger partial charge in [-0.15, -0.1) is 11.8 Å². The number of carbonyl (C=O) groups excluding carboxylic acids is 2. The molecule has 1 saturated heterocycles. The maximum absolute atomic E-state index is 12.1. The second-order valence-corrected chi connectivity index (χ2v) is 6.47. The number of rotatable bonds is 5. The number of nitrogens with one attached hydrogen (secondary N) is 2. The second kappa shape index (κ2) is 7.26. The molecule has 1 aromatic rings. The summed E-state index contributed by atoms with van der Waals surface area (Å²) in [5.41, 5.74) is 0.0272. The van der Waals surface area contributed by atoms with E-state index in [9.17, 15) is 19.7 Å². The van der Waals surface area contributed by atoms with Crippen LogP contribution in [0.15, 0.2) is 29.2 Å². The van der Waals surface area contributed by atoms with Crippen molar-refractivity contribution < 1.29 is 14.5 Å². The molecule has 2 N–H and O–H groups in total. The van der Waals surface area contributed by atoms with Crippen LogP contribution >= 0.6 is 11.8 Å². The molecule has 2 amide bonds. The van der Waals surface area contributed by atoms with Crippen molar-refractivity contribution in [1.29, 1.82) is 0 Å². The number of nitro groups is 1. The Kier molecular flexibility index (Phi) is 5.37. The fraction of sp³-hybridized carbons (Fsp3) is 0.429. The van der Waals surface area contributed by atoms with Crippen molar-refractivity contribution in [1.82, 2.24) is 10.6 Å². The molecule has 1 aromatic carbocycles. The van der Waals surface area contributed by atoms with E-state index in [1.807, 2.05) is 0 Å². The molecular formula is C14H17N3O4S. The quantitative estimate of drug-likeness (QED) is 0.485. The van der Waals surface area contributed by atoms with Gasteiger partial charge in [-0.05, 0) is 25.5 Å². The monoisotopic (exact) mass is 323 g/mol. The molecule has 0 unspecified atom stereocenters. The van der Waals surface area contributed by atoms with E-state index in [1.165, 1.54) is 23.9 Å². The van der Waals surface area contributed by atoms with Gasteiger partial charge in [0.1, 0.15) is 0 Å². The summed E-state index contributed by atoms with van der Waals surface area (Å²) >= 11 is 1.34. The van der Waals surface area contributed by atoms with Gasteiger partial charge in [0.05, 0.1) is 10.2 Å². The number of thioether (sulfide) groups is 1. The molecule has 1 aliphatic heterocycles. The van der Waals surface area contributed by atoms with Crippen molar-refractivity contribution in [3.8, 4) is 0 Å². The minimum absolute atomic E-state index is 0.0128. The number of benzene rings is 1. The van der Waals surface area contributed by atoms with Crippen LogP contribution in [0.25, 0.3) is 0 Å². The predicted octanol–water partition coefficient (Wildman–Crippen LogP) is 1.47. The molecule has 0 saturated carbocycles. The molecule has 118 valence electrons. The van der Waals surface area contributed by atoms with E-state index >= 15 is 0 Å². The fourth-order valence-corrected chi connectivity index (χ4v) is 2.96. The van der Waals surface area contributed by atoms with E-state index in [2.05, 4.69) is 10.6 Å². The van der Waals surface area contributed by atoms with E-state index in [0.717, 1.165) is 4.90 Å². The molecule has 1 aliphatic rings. The number of amides is 2. The van der Waals surface area contributed by atoms with Gasteiger partial charge in [0.15, 0.2) is 0 Å². The third kappa shape index (κ3) is 4.45. The molecule has 1 heterocycles. The number of nitro benzene ring substituents is 1. The van der Waals surface area contributed by atoms with Crippen LogP contribution in [-0.2, 0) is 9.59 Å². The molecule has 2 rings (SSSR count). The lowest BCUT2D eigenvalue weighted by molar-refractivity contribution is -0.384. The first-order chi connectivity index (χ1) is 10.5. The number of hydrogen-bond donors (Lipinski definition) is 2. The number of non-ortho nitro benzene ring substituents is 1. The molecule has 0 radical (unpaired) electrons. The molecule has 0 aliphatic carbocycles. The van der Waals surface area contributed by atoms with Gasteiger partial charge >= 0.3 is 0 Å². The zero-order chi connectivity index (χ0) is 16.1. The molecule has 0 aromatic heterocycles. The predicted molar refractivity (Wildman–Crippen MR) is 82.6 cm³/mol. The minimum atomic E-state index is -0.456. The van der Waals surface area contributed by atoms with E-state index in [4.69, 9.17) is 0 Å². The lowest BCUT2D eigenvalue weighted by Gasteiger charge is -2.24. The number of hydrogen-bond acceptors (Lipinski definition) is 5. The van der Waals surface area contributed by atoms with Gasteiger partial charge in [-0.25, -0.2) is 0 Å². The molecule has 22 heavy (non-hydrogen) atoms. The smallest absolute Gasteiger partial charge is 0.269 e. The largest absolute Gasteiger partial charge is 0.354 e. The van der Waals surface area contributed by atoms with Crippen LogP contribution in [-0.4, -0.2) is 34.6 Å². The topological polar surface area (TPSA) is 101 Å². The highest BCUT2D eigenvalue weighted by atomic mass is 32.2. The third-order valence-electron chi connectivity index (χ3n) is 3.34. The highest BCUT2D eigenvalue weighted by Gasteiger charge is 2.22. The molecule has 0 bridgehead atoms. The van der Waals surface area contributed by atoms with Crippen molar-refractivity contribution in [3.05, 3.63) is 34.4 Å². The first kappa shape index (κ1) is 16.3. The summed E-state index contributed by atoms with van der Waals surface area (Å²) in [6.45, 7) is 2.24. The lowest BCUT2D eigenvalue weighted by atomic mass is 10.1. The molecule has 1 fully saturated rings. The first-order valence-electron chi connectivity index (χ1n) is 6.94. The number of piperidine rings is 1. The van der Waals surface area contributed by atoms with Gasteiger partial charge < -0.3 is 10.6 Å². The maximum Gasteiger partial charge on any atom is 0.269 e. The Bertz CT molecular complexity index is 566.